The molecule has 6 nitrogen and oxygen atoms in total. The molecule has 7 heteroatoms. The van der Waals surface area contributed by atoms with E-state index in [1.54, 1.807) is 36.9 Å². The second-order valence-corrected chi connectivity index (χ2v) is 9.55. The van der Waals surface area contributed by atoms with Crippen LogP contribution in [0.25, 0.3) is 0 Å². The summed E-state index contributed by atoms with van der Waals surface area (Å²) in [7, 11) is -3.05. The number of sulfone groups is 1. The highest BCUT2D eigenvalue weighted by molar-refractivity contribution is 7.91. The summed E-state index contributed by atoms with van der Waals surface area (Å²) in [6.45, 7) is 0.704. The van der Waals surface area contributed by atoms with Gasteiger partial charge in [-0.05, 0) is 17.7 Å². The third-order valence-electron chi connectivity index (χ3n) is 5.46. The Hall–Kier alpha value is -2.61. The lowest BCUT2D eigenvalue weighted by atomic mass is 9.77. The van der Waals surface area contributed by atoms with E-state index in [9.17, 15) is 13.5 Å². The average Bonchev–Trinajstić information content (AvgIpc) is 2.77. The first-order chi connectivity index (χ1) is 14.0. The Balaban J connectivity index is 1.90. The maximum atomic E-state index is 12.3. The Bertz CT molecular complexity index is 991. The molecule has 1 aromatic carbocycles. The number of benzene rings is 1. The van der Waals surface area contributed by atoms with E-state index in [0.29, 0.717) is 24.2 Å². The maximum Gasteiger partial charge on any atom is 0.152 e. The van der Waals surface area contributed by atoms with Crippen molar-refractivity contribution < 1.29 is 13.5 Å². The van der Waals surface area contributed by atoms with Crippen molar-refractivity contribution in [2.45, 2.75) is 11.6 Å². The fourth-order valence-electron chi connectivity index (χ4n) is 4.00. The second kappa shape index (κ2) is 8.02. The molecule has 1 aliphatic heterocycles. The smallest absolute Gasteiger partial charge is 0.152 e. The van der Waals surface area contributed by atoms with E-state index in [1.807, 2.05) is 42.5 Å². The zero-order valence-corrected chi connectivity index (χ0v) is 16.7. The molecule has 1 saturated heterocycles. The van der Waals surface area contributed by atoms with E-state index in [4.69, 9.17) is 0 Å². The number of nitrogens with zero attached hydrogens (tertiary/aromatic N) is 3. The van der Waals surface area contributed by atoms with E-state index < -0.39 is 21.5 Å². The van der Waals surface area contributed by atoms with E-state index in [1.165, 1.54) is 0 Å². The molecular weight excluding hydrogens is 386 g/mol. The maximum absolute atomic E-state index is 12.3. The van der Waals surface area contributed by atoms with E-state index in [0.717, 1.165) is 5.56 Å². The van der Waals surface area contributed by atoms with Crippen LogP contribution in [0.1, 0.15) is 22.7 Å². The van der Waals surface area contributed by atoms with Gasteiger partial charge in [-0.1, -0.05) is 42.5 Å². The lowest BCUT2D eigenvalue weighted by molar-refractivity contribution is -0.0209. The third-order valence-corrected chi connectivity index (χ3v) is 7.07. The van der Waals surface area contributed by atoms with Gasteiger partial charge in [-0.2, -0.15) is 0 Å². The van der Waals surface area contributed by atoms with Gasteiger partial charge < -0.3 is 5.11 Å². The molecule has 3 aromatic rings. The Kier molecular flexibility index (Phi) is 5.45. The molecule has 1 N–H and O–H groups in total. The Morgan fingerprint density at radius 1 is 0.862 bits per heavy atom. The van der Waals surface area contributed by atoms with Crippen molar-refractivity contribution in [3.05, 3.63) is 96.1 Å². The summed E-state index contributed by atoms with van der Waals surface area (Å²) in [5.41, 5.74) is 0.720. The zero-order valence-electron chi connectivity index (χ0n) is 15.9. The quantitative estimate of drug-likeness (QED) is 0.696. The van der Waals surface area contributed by atoms with Gasteiger partial charge >= 0.3 is 0 Å². The van der Waals surface area contributed by atoms with Crippen molar-refractivity contribution in [1.82, 2.24) is 14.9 Å². The summed E-state index contributed by atoms with van der Waals surface area (Å²) in [5, 5.41) is 12.3. The van der Waals surface area contributed by atoms with Crippen LogP contribution in [0.15, 0.2) is 79.4 Å². The van der Waals surface area contributed by atoms with Gasteiger partial charge in [-0.3, -0.25) is 14.9 Å². The first kappa shape index (κ1) is 19.7. The third kappa shape index (κ3) is 3.94. The van der Waals surface area contributed by atoms with Crippen LogP contribution in [-0.4, -0.2) is 53.0 Å². The van der Waals surface area contributed by atoms with Crippen LogP contribution >= 0.6 is 0 Å². The zero-order chi connectivity index (χ0) is 20.3. The highest BCUT2D eigenvalue weighted by Gasteiger charge is 2.46. The molecule has 1 atom stereocenters. The molecule has 3 heterocycles. The van der Waals surface area contributed by atoms with E-state index in [2.05, 4.69) is 14.9 Å². The standard InChI is InChI=1S/C22H23N3O3S/c26-22(19-8-4-10-23-16-19,20-9-5-11-24-17-20)21(18-6-2-1-3-7-18)25-12-14-29(27,28)15-13-25/h1-11,16-17,21,26H,12-15H2. The minimum absolute atomic E-state index is 0.0759. The minimum atomic E-state index is -3.05. The van der Waals surface area contributed by atoms with E-state index in [-0.39, 0.29) is 11.5 Å². The predicted octanol–water partition coefficient (Wildman–Crippen LogP) is 2.18. The van der Waals surface area contributed by atoms with Gasteiger partial charge in [0.1, 0.15) is 5.60 Å². The highest BCUT2D eigenvalue weighted by atomic mass is 32.2. The predicted molar refractivity (Wildman–Crippen MR) is 111 cm³/mol. The van der Waals surface area contributed by atoms with Crippen molar-refractivity contribution >= 4 is 9.84 Å². The molecule has 0 saturated carbocycles. The van der Waals surface area contributed by atoms with Gasteiger partial charge in [0, 0.05) is 49.0 Å². The second-order valence-electron chi connectivity index (χ2n) is 7.25. The minimum Gasteiger partial charge on any atom is -0.378 e. The molecule has 29 heavy (non-hydrogen) atoms. The molecule has 2 aromatic heterocycles. The summed E-state index contributed by atoms with van der Waals surface area (Å²) in [4.78, 5) is 10.5. The Labute approximate surface area is 170 Å². The number of hydrogen-bond donors (Lipinski definition) is 1. The van der Waals surface area contributed by atoms with Crippen molar-refractivity contribution in [2.75, 3.05) is 24.6 Å². The van der Waals surface area contributed by atoms with Crippen LogP contribution in [0.4, 0.5) is 0 Å². The molecule has 150 valence electrons. The lowest BCUT2D eigenvalue weighted by Crippen LogP contribution is -2.50. The molecule has 1 fully saturated rings. The van der Waals surface area contributed by atoms with Crippen molar-refractivity contribution in [3.8, 4) is 0 Å². The van der Waals surface area contributed by atoms with Crippen molar-refractivity contribution in [2.24, 2.45) is 0 Å². The summed E-state index contributed by atoms with van der Waals surface area (Å²) in [6, 6.07) is 16.5. The molecule has 0 radical (unpaired) electrons. The summed E-state index contributed by atoms with van der Waals surface area (Å²) < 4.78 is 24.1. The number of aliphatic hydroxyl groups is 1. The molecule has 0 amide bonds. The molecule has 1 aliphatic rings. The lowest BCUT2D eigenvalue weighted by Gasteiger charge is -2.44. The summed E-state index contributed by atoms with van der Waals surface area (Å²) in [5.74, 6) is 0.152. The van der Waals surface area contributed by atoms with Gasteiger partial charge in [0.15, 0.2) is 9.84 Å². The first-order valence-corrected chi connectivity index (χ1v) is 11.4. The SMILES string of the molecule is O=S1(=O)CCN(C(c2ccccc2)C(O)(c2cccnc2)c2cccnc2)CC1. The molecule has 0 bridgehead atoms. The Morgan fingerprint density at radius 2 is 1.41 bits per heavy atom. The van der Waals surface area contributed by atoms with Crippen LogP contribution in [0.5, 0.6) is 0 Å². The van der Waals surface area contributed by atoms with Crippen molar-refractivity contribution in [1.29, 1.82) is 0 Å². The molecule has 0 aliphatic carbocycles. The first-order valence-electron chi connectivity index (χ1n) is 9.53. The summed E-state index contributed by atoms with van der Waals surface area (Å²) >= 11 is 0. The van der Waals surface area contributed by atoms with Crippen LogP contribution in [0.2, 0.25) is 0 Å². The van der Waals surface area contributed by atoms with Crippen LogP contribution < -0.4 is 0 Å². The van der Waals surface area contributed by atoms with Crippen LogP contribution in [0.3, 0.4) is 0 Å². The van der Waals surface area contributed by atoms with Crippen LogP contribution in [0, 0.1) is 0 Å². The monoisotopic (exact) mass is 409 g/mol. The van der Waals surface area contributed by atoms with Crippen molar-refractivity contribution in [3.63, 3.8) is 0 Å². The molecule has 1 unspecified atom stereocenters. The number of aromatic nitrogens is 2. The fraction of sp³-hybridized carbons (Fsp3) is 0.273. The Morgan fingerprint density at radius 3 is 1.90 bits per heavy atom. The number of hydrogen-bond acceptors (Lipinski definition) is 6. The average molecular weight is 410 g/mol. The molecule has 4 rings (SSSR count). The molecule has 0 spiro atoms. The van der Waals surface area contributed by atoms with E-state index >= 15 is 0 Å². The largest absolute Gasteiger partial charge is 0.378 e. The van der Waals surface area contributed by atoms with Crippen LogP contribution in [-0.2, 0) is 15.4 Å². The van der Waals surface area contributed by atoms with Gasteiger partial charge in [-0.15, -0.1) is 0 Å². The van der Waals surface area contributed by atoms with Gasteiger partial charge in [0.05, 0.1) is 17.5 Å². The number of pyridine rings is 2. The summed E-state index contributed by atoms with van der Waals surface area (Å²) in [6.07, 6.45) is 6.64. The fourth-order valence-corrected chi connectivity index (χ4v) is 5.22. The van der Waals surface area contributed by atoms with Gasteiger partial charge in [-0.25, -0.2) is 8.42 Å². The van der Waals surface area contributed by atoms with Gasteiger partial charge in [0.25, 0.3) is 0 Å². The normalized spacial score (nSPS) is 18.2. The van der Waals surface area contributed by atoms with Gasteiger partial charge in [0.2, 0.25) is 0 Å². The molecular formula is C22H23N3O3S. The topological polar surface area (TPSA) is 83.4 Å². The highest BCUT2D eigenvalue weighted by Crippen LogP contribution is 2.44. The number of rotatable bonds is 5.